The molecule has 0 saturated heterocycles. The van der Waals surface area contributed by atoms with E-state index in [1.54, 1.807) is 24.3 Å². The van der Waals surface area contributed by atoms with E-state index in [4.69, 9.17) is 16.3 Å². The van der Waals surface area contributed by atoms with Gasteiger partial charge in [-0.05, 0) is 35.9 Å². The highest BCUT2D eigenvalue weighted by molar-refractivity contribution is 6.28. The molecular formula is C12H9ClF3N3O. The predicted molar refractivity (Wildman–Crippen MR) is 68.3 cm³/mol. The zero-order valence-corrected chi connectivity index (χ0v) is 11.0. The molecule has 0 bridgehead atoms. The van der Waals surface area contributed by atoms with Crippen molar-refractivity contribution in [2.45, 2.75) is 6.18 Å². The largest absolute Gasteiger partial charge is 0.497 e. The van der Waals surface area contributed by atoms with Gasteiger partial charge in [0.05, 0.1) is 7.11 Å². The summed E-state index contributed by atoms with van der Waals surface area (Å²) in [6.07, 6.45) is -3.93. The van der Waals surface area contributed by atoms with Gasteiger partial charge in [-0.15, -0.1) is 0 Å². The van der Waals surface area contributed by atoms with Crippen LogP contribution in [0.2, 0.25) is 5.28 Å². The van der Waals surface area contributed by atoms with Crippen LogP contribution in [0.3, 0.4) is 0 Å². The summed E-state index contributed by atoms with van der Waals surface area (Å²) in [6, 6.07) is 6.35. The summed E-state index contributed by atoms with van der Waals surface area (Å²) in [6.45, 7) is 0. The summed E-state index contributed by atoms with van der Waals surface area (Å²) in [5.74, 6) is 0.190. The zero-order chi connectivity index (χ0) is 14.8. The monoisotopic (exact) mass is 303 g/mol. The topological polar surface area (TPSA) is 47.0 Å². The van der Waals surface area contributed by atoms with Crippen molar-refractivity contribution in [2.75, 3.05) is 12.4 Å². The Morgan fingerprint density at radius 2 is 1.85 bits per heavy atom. The number of aromatic nitrogens is 2. The van der Waals surface area contributed by atoms with Gasteiger partial charge in [0, 0.05) is 11.9 Å². The minimum atomic E-state index is -4.57. The molecule has 0 unspecified atom stereocenters. The maximum absolute atomic E-state index is 12.8. The Bertz CT molecular complexity index is 602. The van der Waals surface area contributed by atoms with Crippen LogP contribution in [-0.4, -0.2) is 17.1 Å². The van der Waals surface area contributed by atoms with E-state index in [0.29, 0.717) is 17.6 Å². The molecule has 0 atom stereocenters. The van der Waals surface area contributed by atoms with Gasteiger partial charge in [0.1, 0.15) is 17.1 Å². The summed E-state index contributed by atoms with van der Waals surface area (Å²) in [7, 11) is 1.49. The SMILES string of the molecule is COc1ccc(Nc2nc(Cl)ncc2C(F)(F)F)cc1. The number of hydrogen-bond acceptors (Lipinski definition) is 4. The van der Waals surface area contributed by atoms with Gasteiger partial charge < -0.3 is 10.1 Å². The molecule has 106 valence electrons. The van der Waals surface area contributed by atoms with Crippen LogP contribution in [-0.2, 0) is 6.18 Å². The number of ether oxygens (including phenoxy) is 1. The van der Waals surface area contributed by atoms with Gasteiger partial charge in [0.2, 0.25) is 5.28 Å². The molecule has 1 aromatic carbocycles. The van der Waals surface area contributed by atoms with Gasteiger partial charge in [-0.25, -0.2) is 4.98 Å². The normalized spacial score (nSPS) is 11.2. The van der Waals surface area contributed by atoms with Gasteiger partial charge in [-0.1, -0.05) is 0 Å². The minimum Gasteiger partial charge on any atom is -0.497 e. The molecule has 1 N–H and O–H groups in total. The van der Waals surface area contributed by atoms with Crippen LogP contribution < -0.4 is 10.1 Å². The Balaban J connectivity index is 2.34. The standard InChI is InChI=1S/C12H9ClF3N3O/c1-20-8-4-2-7(3-5-8)18-10-9(12(14,15)16)6-17-11(13)19-10/h2-6H,1H3,(H,17,18,19). The second-order valence-corrected chi connectivity index (χ2v) is 4.09. The maximum atomic E-state index is 12.8. The first kappa shape index (κ1) is 14.4. The summed E-state index contributed by atoms with van der Waals surface area (Å²) in [4.78, 5) is 6.92. The summed E-state index contributed by atoms with van der Waals surface area (Å²) in [5.41, 5.74) is -0.566. The van der Waals surface area contributed by atoms with Crippen molar-refractivity contribution in [3.8, 4) is 5.75 Å². The van der Waals surface area contributed by atoms with E-state index < -0.39 is 17.6 Å². The molecule has 0 spiro atoms. The number of nitrogens with one attached hydrogen (secondary N) is 1. The van der Waals surface area contributed by atoms with Crippen molar-refractivity contribution in [1.29, 1.82) is 0 Å². The molecule has 8 heteroatoms. The fourth-order valence-corrected chi connectivity index (χ4v) is 1.61. The molecule has 0 fully saturated rings. The summed E-state index contributed by atoms with van der Waals surface area (Å²) < 4.78 is 43.4. The molecule has 0 aliphatic heterocycles. The number of nitrogens with zero attached hydrogens (tertiary/aromatic N) is 2. The Morgan fingerprint density at radius 1 is 1.20 bits per heavy atom. The van der Waals surface area contributed by atoms with Gasteiger partial charge in [-0.2, -0.15) is 18.2 Å². The molecule has 0 amide bonds. The first-order chi connectivity index (χ1) is 9.40. The Morgan fingerprint density at radius 3 is 2.40 bits per heavy atom. The molecule has 0 radical (unpaired) electrons. The number of hydrogen-bond donors (Lipinski definition) is 1. The van der Waals surface area contributed by atoms with Crippen LogP contribution >= 0.6 is 11.6 Å². The van der Waals surface area contributed by atoms with Gasteiger partial charge in [0.15, 0.2) is 0 Å². The molecule has 2 aromatic rings. The van der Waals surface area contributed by atoms with E-state index in [0.717, 1.165) is 0 Å². The van der Waals surface area contributed by atoms with Gasteiger partial charge in [0.25, 0.3) is 0 Å². The number of halogens is 4. The quantitative estimate of drug-likeness (QED) is 0.874. The first-order valence-electron chi connectivity index (χ1n) is 5.41. The van der Waals surface area contributed by atoms with Crippen molar-refractivity contribution in [3.05, 3.63) is 41.3 Å². The number of rotatable bonds is 3. The van der Waals surface area contributed by atoms with Crippen molar-refractivity contribution in [2.24, 2.45) is 0 Å². The molecule has 20 heavy (non-hydrogen) atoms. The zero-order valence-electron chi connectivity index (χ0n) is 10.2. The highest BCUT2D eigenvalue weighted by atomic mass is 35.5. The van der Waals surface area contributed by atoms with Crippen LogP contribution in [0.4, 0.5) is 24.7 Å². The average Bonchev–Trinajstić information content (AvgIpc) is 2.38. The lowest BCUT2D eigenvalue weighted by atomic mass is 10.2. The molecule has 0 aliphatic carbocycles. The van der Waals surface area contributed by atoms with Gasteiger partial charge >= 0.3 is 6.18 Å². The number of benzene rings is 1. The number of alkyl halides is 3. The molecule has 2 rings (SSSR count). The maximum Gasteiger partial charge on any atom is 0.421 e. The van der Waals surface area contributed by atoms with Crippen LogP contribution in [0, 0.1) is 0 Å². The molecular weight excluding hydrogens is 295 g/mol. The molecule has 0 aliphatic rings. The third-order valence-corrected chi connectivity index (χ3v) is 2.60. The van der Waals surface area contributed by atoms with Crippen LogP contribution in [0.25, 0.3) is 0 Å². The highest BCUT2D eigenvalue weighted by Crippen LogP contribution is 2.35. The Labute approximate surface area is 117 Å². The lowest BCUT2D eigenvalue weighted by Crippen LogP contribution is -2.11. The summed E-state index contributed by atoms with van der Waals surface area (Å²) >= 11 is 5.53. The van der Waals surface area contributed by atoms with E-state index in [9.17, 15) is 13.2 Å². The first-order valence-corrected chi connectivity index (χ1v) is 5.79. The van der Waals surface area contributed by atoms with Crippen LogP contribution in [0.5, 0.6) is 5.75 Å². The van der Waals surface area contributed by atoms with Crippen LogP contribution in [0.1, 0.15) is 5.56 Å². The fraction of sp³-hybridized carbons (Fsp3) is 0.167. The fourth-order valence-electron chi connectivity index (χ4n) is 1.47. The predicted octanol–water partition coefficient (Wildman–Crippen LogP) is 3.90. The third-order valence-electron chi connectivity index (χ3n) is 2.42. The van der Waals surface area contributed by atoms with Crippen molar-refractivity contribution >= 4 is 23.1 Å². The smallest absolute Gasteiger partial charge is 0.421 e. The molecule has 1 heterocycles. The molecule has 0 saturated carbocycles. The average molecular weight is 304 g/mol. The van der Waals surface area contributed by atoms with Crippen molar-refractivity contribution in [3.63, 3.8) is 0 Å². The second-order valence-electron chi connectivity index (χ2n) is 3.75. The molecule has 4 nitrogen and oxygen atoms in total. The summed E-state index contributed by atoms with van der Waals surface area (Å²) in [5, 5.41) is 2.29. The highest BCUT2D eigenvalue weighted by Gasteiger charge is 2.35. The third kappa shape index (κ3) is 3.30. The van der Waals surface area contributed by atoms with E-state index in [1.807, 2.05) is 0 Å². The van der Waals surface area contributed by atoms with Crippen LogP contribution in [0.15, 0.2) is 30.5 Å². The lowest BCUT2D eigenvalue weighted by Gasteiger charge is -2.13. The molecule has 1 aromatic heterocycles. The van der Waals surface area contributed by atoms with Crippen molar-refractivity contribution in [1.82, 2.24) is 9.97 Å². The van der Waals surface area contributed by atoms with E-state index >= 15 is 0 Å². The van der Waals surface area contributed by atoms with Crippen molar-refractivity contribution < 1.29 is 17.9 Å². The number of anilines is 2. The van der Waals surface area contributed by atoms with E-state index in [1.165, 1.54) is 7.11 Å². The van der Waals surface area contributed by atoms with E-state index in [-0.39, 0.29) is 5.28 Å². The lowest BCUT2D eigenvalue weighted by molar-refractivity contribution is -0.137. The van der Waals surface area contributed by atoms with E-state index in [2.05, 4.69) is 15.3 Å². The number of methoxy groups -OCH3 is 1. The minimum absolute atomic E-state index is 0.269. The van der Waals surface area contributed by atoms with Gasteiger partial charge in [-0.3, -0.25) is 0 Å². The Hall–Kier alpha value is -2.02. The Kier molecular flexibility index (Phi) is 3.99. The second kappa shape index (κ2) is 5.54.